The minimum Gasteiger partial charge on any atom is -0.385 e. The molecular weight excluding hydrogens is 172 g/mol. The fourth-order valence-corrected chi connectivity index (χ4v) is 0.385. The molecule has 0 unspecified atom stereocenters. The Hall–Kier alpha value is -1.08. The van der Waals surface area contributed by atoms with Crippen molar-refractivity contribution in [1.29, 1.82) is 0 Å². The molecule has 0 saturated heterocycles. The van der Waals surface area contributed by atoms with E-state index in [9.17, 15) is 0 Å². The largest absolute Gasteiger partial charge is 0.385 e. The van der Waals surface area contributed by atoms with E-state index in [2.05, 4.69) is 18.2 Å². The molecule has 14 heavy (non-hydrogen) atoms. The highest BCUT2D eigenvalue weighted by molar-refractivity contribution is 4.99. The molecule has 1 nitrogen and oxygen atoms in total. The molecule has 1 rings (SSSR count). The Morgan fingerprint density at radius 1 is 1.00 bits per heavy atom. The van der Waals surface area contributed by atoms with Crippen LogP contribution in [0.5, 0.6) is 0 Å². The van der Waals surface area contributed by atoms with Gasteiger partial charge in [0, 0.05) is 13.7 Å². The van der Waals surface area contributed by atoms with E-state index in [1.54, 1.807) is 7.11 Å². The zero-order valence-corrected chi connectivity index (χ0v) is 9.57. The van der Waals surface area contributed by atoms with Crippen LogP contribution < -0.4 is 0 Å². The van der Waals surface area contributed by atoms with Gasteiger partial charge in [-0.1, -0.05) is 49.4 Å². The van der Waals surface area contributed by atoms with Crippen molar-refractivity contribution in [3.8, 4) is 0 Å². The van der Waals surface area contributed by atoms with Crippen LogP contribution in [-0.4, -0.2) is 13.7 Å². The number of ether oxygens (including phenoxy) is 1. The van der Waals surface area contributed by atoms with Crippen molar-refractivity contribution >= 4 is 0 Å². The third-order valence-electron chi connectivity index (χ3n) is 1.24. The van der Waals surface area contributed by atoms with Crippen LogP contribution in [0.1, 0.15) is 20.3 Å². The van der Waals surface area contributed by atoms with E-state index in [0.29, 0.717) is 0 Å². The molecule has 0 aliphatic carbocycles. The van der Waals surface area contributed by atoms with Gasteiger partial charge in [0.25, 0.3) is 0 Å². The van der Waals surface area contributed by atoms with Crippen molar-refractivity contribution in [3.63, 3.8) is 0 Å². The Morgan fingerprint density at radius 3 is 1.29 bits per heavy atom. The third kappa shape index (κ3) is 22.4. The lowest BCUT2D eigenvalue weighted by Gasteiger charge is -1.76. The van der Waals surface area contributed by atoms with Crippen molar-refractivity contribution in [2.45, 2.75) is 20.3 Å². The number of rotatable bonds is 2. The Balaban J connectivity index is 0. The molecule has 1 aromatic rings. The molecule has 0 saturated carbocycles. The van der Waals surface area contributed by atoms with Crippen LogP contribution in [0.3, 0.4) is 0 Å². The summed E-state index contributed by atoms with van der Waals surface area (Å²) in [6, 6.07) is 12.0. The lowest BCUT2D eigenvalue weighted by atomic mass is 10.4. The molecule has 80 valence electrons. The molecule has 0 aliphatic heterocycles. The smallest absolute Gasteiger partial charge is 0.0433 e. The van der Waals surface area contributed by atoms with Gasteiger partial charge in [0.05, 0.1) is 0 Å². The summed E-state index contributed by atoms with van der Waals surface area (Å²) in [4.78, 5) is 0. The molecule has 0 amide bonds. The van der Waals surface area contributed by atoms with Gasteiger partial charge in [-0.15, -0.1) is 6.58 Å². The van der Waals surface area contributed by atoms with Gasteiger partial charge in [0.2, 0.25) is 0 Å². The maximum atomic E-state index is 4.54. The van der Waals surface area contributed by atoms with Crippen LogP contribution in [-0.2, 0) is 4.74 Å². The molecule has 1 aromatic carbocycles. The van der Waals surface area contributed by atoms with Gasteiger partial charge in [-0.3, -0.25) is 0 Å². The van der Waals surface area contributed by atoms with Gasteiger partial charge in [-0.05, 0) is 13.3 Å². The fraction of sp³-hybridized carbons (Fsp3) is 0.385. The summed E-state index contributed by atoms with van der Waals surface area (Å²) >= 11 is 0. The predicted octanol–water partition coefficient (Wildman–Crippen LogP) is 3.92. The third-order valence-corrected chi connectivity index (χ3v) is 1.24. The molecule has 0 bridgehead atoms. The van der Waals surface area contributed by atoms with Gasteiger partial charge >= 0.3 is 0 Å². The minimum absolute atomic E-state index is 0.819. The molecule has 0 fully saturated rings. The Kier molecular flexibility index (Phi) is 19.6. The zero-order chi connectivity index (χ0) is 11.1. The minimum atomic E-state index is 0.819. The number of methoxy groups -OCH3 is 1. The van der Waals surface area contributed by atoms with E-state index in [1.807, 2.05) is 49.4 Å². The number of allylic oxidation sites excluding steroid dienone is 1. The summed E-state index contributed by atoms with van der Waals surface area (Å²) in [6.07, 6.45) is 2.96. The summed E-state index contributed by atoms with van der Waals surface area (Å²) in [5.74, 6) is 0. The molecule has 0 spiro atoms. The van der Waals surface area contributed by atoms with Crippen LogP contribution in [0.4, 0.5) is 0 Å². The monoisotopic (exact) mass is 194 g/mol. The lowest BCUT2D eigenvalue weighted by molar-refractivity contribution is 0.215. The van der Waals surface area contributed by atoms with Crippen molar-refractivity contribution < 1.29 is 4.74 Å². The summed E-state index contributed by atoms with van der Waals surface area (Å²) in [5.41, 5.74) is 0. The maximum absolute atomic E-state index is 4.54. The first kappa shape index (κ1) is 15.4. The molecule has 0 radical (unpaired) electrons. The van der Waals surface area contributed by atoms with Gasteiger partial charge in [-0.25, -0.2) is 0 Å². The lowest BCUT2D eigenvalue weighted by Crippen LogP contribution is -1.73. The topological polar surface area (TPSA) is 9.23 Å². The van der Waals surface area contributed by atoms with Crippen molar-refractivity contribution in [2.24, 2.45) is 0 Å². The van der Waals surface area contributed by atoms with Gasteiger partial charge in [0.15, 0.2) is 0 Å². The van der Waals surface area contributed by atoms with Crippen LogP contribution in [0.15, 0.2) is 49.1 Å². The highest BCUT2D eigenvalue weighted by atomic mass is 16.5. The van der Waals surface area contributed by atoms with Gasteiger partial charge < -0.3 is 4.74 Å². The van der Waals surface area contributed by atoms with E-state index in [4.69, 9.17) is 0 Å². The average molecular weight is 194 g/mol. The number of hydrogen-bond acceptors (Lipinski definition) is 1. The molecule has 0 aliphatic rings. The summed E-state index contributed by atoms with van der Waals surface area (Å²) in [5, 5.41) is 0. The predicted molar refractivity (Wildman–Crippen MR) is 64.5 cm³/mol. The molecule has 0 aromatic heterocycles. The molecule has 1 heteroatoms. The van der Waals surface area contributed by atoms with Crippen LogP contribution in [0, 0.1) is 0 Å². The zero-order valence-electron chi connectivity index (χ0n) is 9.57. The van der Waals surface area contributed by atoms with Crippen LogP contribution in [0.25, 0.3) is 0 Å². The van der Waals surface area contributed by atoms with Crippen molar-refractivity contribution in [3.05, 3.63) is 49.1 Å². The second-order valence-corrected chi connectivity index (χ2v) is 2.43. The quantitative estimate of drug-likeness (QED) is 0.648. The summed E-state index contributed by atoms with van der Waals surface area (Å²) < 4.78 is 4.54. The molecule has 0 N–H and O–H groups in total. The number of benzene rings is 1. The van der Waals surface area contributed by atoms with E-state index < -0.39 is 0 Å². The first-order valence-corrected chi connectivity index (χ1v) is 4.93. The van der Waals surface area contributed by atoms with E-state index in [1.165, 1.54) is 0 Å². The Morgan fingerprint density at radius 2 is 1.21 bits per heavy atom. The van der Waals surface area contributed by atoms with Crippen LogP contribution in [0.2, 0.25) is 0 Å². The normalized spacial score (nSPS) is 7.36. The summed E-state index contributed by atoms with van der Waals surface area (Å²) in [7, 11) is 1.68. The Labute approximate surface area is 88.4 Å². The number of hydrogen-bond donors (Lipinski definition) is 0. The highest BCUT2D eigenvalue weighted by Gasteiger charge is 1.57. The second-order valence-electron chi connectivity index (χ2n) is 2.43. The first-order chi connectivity index (χ1) is 6.83. The van der Waals surface area contributed by atoms with Crippen molar-refractivity contribution in [2.75, 3.05) is 13.7 Å². The second kappa shape index (κ2) is 17.9. The van der Waals surface area contributed by atoms with E-state index in [0.717, 1.165) is 13.0 Å². The Bertz CT molecular complexity index is 141. The SMILES string of the molecule is C=CCC.CCOC.c1ccccc1. The average Bonchev–Trinajstić information content (AvgIpc) is 2.32. The van der Waals surface area contributed by atoms with Crippen LogP contribution >= 0.6 is 0 Å². The highest BCUT2D eigenvalue weighted by Crippen LogP contribution is 1.79. The fourth-order valence-electron chi connectivity index (χ4n) is 0.385. The van der Waals surface area contributed by atoms with Crippen molar-refractivity contribution in [1.82, 2.24) is 0 Å². The summed E-state index contributed by atoms with van der Waals surface area (Å²) in [6.45, 7) is 8.32. The van der Waals surface area contributed by atoms with E-state index in [-0.39, 0.29) is 0 Å². The molecule has 0 heterocycles. The standard InChI is InChI=1S/C6H6.C4H8.C3H8O/c1-2-4-6-5-3-1;2*1-3-4-2/h1-6H;3H,1,4H2,2H3;3H2,1-2H3. The van der Waals surface area contributed by atoms with E-state index >= 15 is 0 Å². The van der Waals surface area contributed by atoms with Gasteiger partial charge in [0.1, 0.15) is 0 Å². The van der Waals surface area contributed by atoms with Gasteiger partial charge in [-0.2, -0.15) is 0 Å². The molecule has 0 atom stereocenters. The first-order valence-electron chi connectivity index (χ1n) is 4.93. The molecular formula is C13H22O. The maximum Gasteiger partial charge on any atom is 0.0433 e.